The lowest BCUT2D eigenvalue weighted by atomic mass is 10.4. The zero-order valence-corrected chi connectivity index (χ0v) is 12.1. The number of imidazole rings is 1. The molecule has 1 heterocycles. The molecule has 2 N–H and O–H groups in total. The molecule has 102 valence electrons. The summed E-state index contributed by atoms with van der Waals surface area (Å²) in [6, 6.07) is 9.86. The number of H-pyrrole nitrogens is 1. The van der Waals surface area contributed by atoms with Gasteiger partial charge in [-0.15, -0.1) is 11.8 Å². The number of hydrogen-bond donors (Lipinski definition) is 2. The molecule has 0 bridgehead atoms. The number of aromatic amines is 1. The van der Waals surface area contributed by atoms with Gasteiger partial charge in [0.2, 0.25) is 0 Å². The minimum absolute atomic E-state index is 0.106. The molecule has 19 heavy (non-hydrogen) atoms. The quantitative estimate of drug-likeness (QED) is 0.629. The molecule has 0 aliphatic carbocycles. The van der Waals surface area contributed by atoms with E-state index in [-0.39, 0.29) is 5.03 Å². The third-order valence-corrected chi connectivity index (χ3v) is 4.76. The van der Waals surface area contributed by atoms with Gasteiger partial charge < -0.3 is 4.98 Å². The molecule has 1 aromatic heterocycles. The molecular formula is C12H15N3O2S2. The van der Waals surface area contributed by atoms with E-state index in [0.29, 0.717) is 18.1 Å². The van der Waals surface area contributed by atoms with Gasteiger partial charge in [0.15, 0.2) is 5.03 Å². The fraction of sp³-hybridized carbons (Fsp3) is 0.250. The summed E-state index contributed by atoms with van der Waals surface area (Å²) in [6.45, 7) is 2.09. The van der Waals surface area contributed by atoms with Crippen molar-refractivity contribution < 1.29 is 8.42 Å². The molecule has 0 aliphatic heterocycles. The van der Waals surface area contributed by atoms with Crippen LogP contribution in [-0.2, 0) is 10.0 Å². The minimum Gasteiger partial charge on any atom is -0.332 e. The lowest BCUT2D eigenvalue weighted by Gasteiger charge is -2.04. The molecule has 0 aliphatic rings. The molecule has 0 fully saturated rings. The Bertz CT molecular complexity index is 623. The van der Waals surface area contributed by atoms with Crippen LogP contribution in [0, 0.1) is 6.92 Å². The van der Waals surface area contributed by atoms with Crippen LogP contribution < -0.4 is 4.72 Å². The monoisotopic (exact) mass is 297 g/mol. The summed E-state index contributed by atoms with van der Waals surface area (Å²) in [5.41, 5.74) is 0. The molecule has 0 saturated heterocycles. The highest BCUT2D eigenvalue weighted by atomic mass is 32.2. The molecule has 5 nitrogen and oxygen atoms in total. The van der Waals surface area contributed by atoms with E-state index in [4.69, 9.17) is 0 Å². The second-order valence-corrected chi connectivity index (χ2v) is 6.80. The average Bonchev–Trinajstić information content (AvgIpc) is 2.84. The second-order valence-electron chi connectivity index (χ2n) is 3.89. The zero-order valence-electron chi connectivity index (χ0n) is 10.5. The second kappa shape index (κ2) is 6.23. The number of rotatable bonds is 6. The highest BCUT2D eigenvalue weighted by Crippen LogP contribution is 2.16. The van der Waals surface area contributed by atoms with Crippen LogP contribution in [0.2, 0.25) is 0 Å². The number of aromatic nitrogens is 2. The van der Waals surface area contributed by atoms with Crippen LogP contribution in [0.5, 0.6) is 0 Å². The number of aryl methyl sites for hydroxylation is 1. The van der Waals surface area contributed by atoms with Crippen LogP contribution in [0.3, 0.4) is 0 Å². The minimum atomic E-state index is -3.48. The fourth-order valence-electron chi connectivity index (χ4n) is 1.47. The number of thioether (sulfide) groups is 1. The van der Waals surface area contributed by atoms with Crippen molar-refractivity contribution in [2.24, 2.45) is 0 Å². The van der Waals surface area contributed by atoms with Crippen molar-refractivity contribution in [1.82, 2.24) is 14.7 Å². The summed E-state index contributed by atoms with van der Waals surface area (Å²) in [7, 11) is -3.48. The zero-order chi connectivity index (χ0) is 13.7. The van der Waals surface area contributed by atoms with Crippen molar-refractivity contribution in [3.8, 4) is 0 Å². The maximum atomic E-state index is 11.9. The Labute approximate surface area is 116 Å². The Morgan fingerprint density at radius 1 is 1.32 bits per heavy atom. The van der Waals surface area contributed by atoms with Gasteiger partial charge in [0.1, 0.15) is 5.82 Å². The van der Waals surface area contributed by atoms with Gasteiger partial charge in [-0.2, -0.15) is 0 Å². The van der Waals surface area contributed by atoms with Crippen LogP contribution in [0.15, 0.2) is 46.5 Å². The van der Waals surface area contributed by atoms with Gasteiger partial charge in [-0.1, -0.05) is 18.2 Å². The summed E-state index contributed by atoms with van der Waals surface area (Å²) in [6.07, 6.45) is 1.32. The highest BCUT2D eigenvalue weighted by Gasteiger charge is 2.15. The van der Waals surface area contributed by atoms with E-state index in [1.807, 2.05) is 30.3 Å². The third kappa shape index (κ3) is 4.09. The lowest BCUT2D eigenvalue weighted by molar-refractivity contribution is 0.581. The van der Waals surface area contributed by atoms with E-state index < -0.39 is 10.0 Å². The number of nitrogens with zero attached hydrogens (tertiary/aromatic N) is 1. The van der Waals surface area contributed by atoms with Crippen LogP contribution >= 0.6 is 11.8 Å². The van der Waals surface area contributed by atoms with Crippen LogP contribution in [-0.4, -0.2) is 30.7 Å². The predicted octanol–water partition coefficient (Wildman–Crippen LogP) is 1.79. The van der Waals surface area contributed by atoms with Gasteiger partial charge in [0.25, 0.3) is 10.0 Å². The largest absolute Gasteiger partial charge is 0.332 e. The summed E-state index contributed by atoms with van der Waals surface area (Å²) in [5, 5.41) is 0.106. The lowest BCUT2D eigenvalue weighted by Crippen LogP contribution is -2.26. The van der Waals surface area contributed by atoms with E-state index in [0.717, 1.165) is 4.90 Å². The Balaban J connectivity index is 1.83. The summed E-state index contributed by atoms with van der Waals surface area (Å²) < 4.78 is 26.3. The predicted molar refractivity (Wildman–Crippen MR) is 75.7 cm³/mol. The van der Waals surface area contributed by atoms with E-state index in [1.165, 1.54) is 6.20 Å². The maximum Gasteiger partial charge on any atom is 0.257 e. The molecule has 0 spiro atoms. The Kier molecular flexibility index (Phi) is 4.62. The summed E-state index contributed by atoms with van der Waals surface area (Å²) >= 11 is 1.61. The van der Waals surface area contributed by atoms with Crippen LogP contribution in [0.25, 0.3) is 0 Å². The Morgan fingerprint density at radius 2 is 2.05 bits per heavy atom. The summed E-state index contributed by atoms with van der Waals surface area (Å²) in [4.78, 5) is 7.71. The summed E-state index contributed by atoms with van der Waals surface area (Å²) in [5.74, 6) is 1.26. The fourth-order valence-corrected chi connectivity index (χ4v) is 3.39. The van der Waals surface area contributed by atoms with Gasteiger partial charge >= 0.3 is 0 Å². The SMILES string of the molecule is Cc1ncc(S(=O)(=O)NCCSc2ccccc2)[nH]1. The molecular weight excluding hydrogens is 282 g/mol. The van der Waals surface area contributed by atoms with Gasteiger partial charge in [0, 0.05) is 17.2 Å². The molecule has 0 unspecified atom stereocenters. The van der Waals surface area contributed by atoms with Gasteiger partial charge in [-0.05, 0) is 19.1 Å². The van der Waals surface area contributed by atoms with Crippen molar-refractivity contribution in [2.75, 3.05) is 12.3 Å². The van der Waals surface area contributed by atoms with E-state index in [1.54, 1.807) is 18.7 Å². The van der Waals surface area contributed by atoms with Crippen LogP contribution in [0.4, 0.5) is 0 Å². The third-order valence-electron chi connectivity index (χ3n) is 2.38. The molecule has 0 atom stereocenters. The molecule has 7 heteroatoms. The van der Waals surface area contributed by atoms with Crippen molar-refractivity contribution in [3.05, 3.63) is 42.4 Å². The average molecular weight is 297 g/mol. The molecule has 2 aromatic rings. The smallest absolute Gasteiger partial charge is 0.257 e. The molecule has 0 saturated carbocycles. The number of nitrogens with one attached hydrogen (secondary N) is 2. The molecule has 0 radical (unpaired) electrons. The normalized spacial score (nSPS) is 11.6. The first-order valence-corrected chi connectivity index (χ1v) is 8.24. The van der Waals surface area contributed by atoms with Gasteiger partial charge in [-0.25, -0.2) is 18.1 Å². The van der Waals surface area contributed by atoms with E-state index in [9.17, 15) is 8.42 Å². The topological polar surface area (TPSA) is 74.8 Å². The first-order valence-electron chi connectivity index (χ1n) is 5.77. The molecule has 2 rings (SSSR count). The molecule has 0 amide bonds. The Morgan fingerprint density at radius 3 is 2.68 bits per heavy atom. The number of hydrogen-bond acceptors (Lipinski definition) is 4. The van der Waals surface area contributed by atoms with Crippen molar-refractivity contribution >= 4 is 21.8 Å². The number of sulfonamides is 1. The van der Waals surface area contributed by atoms with Gasteiger partial charge in [-0.3, -0.25) is 0 Å². The van der Waals surface area contributed by atoms with E-state index >= 15 is 0 Å². The number of benzene rings is 1. The highest BCUT2D eigenvalue weighted by molar-refractivity contribution is 7.99. The van der Waals surface area contributed by atoms with Crippen molar-refractivity contribution in [1.29, 1.82) is 0 Å². The Hall–Kier alpha value is -1.31. The van der Waals surface area contributed by atoms with E-state index in [2.05, 4.69) is 14.7 Å². The first kappa shape index (κ1) is 14.1. The molecule has 1 aromatic carbocycles. The van der Waals surface area contributed by atoms with Gasteiger partial charge in [0.05, 0.1) is 6.20 Å². The first-order chi connectivity index (χ1) is 9.08. The van der Waals surface area contributed by atoms with Crippen LogP contribution in [0.1, 0.15) is 5.82 Å². The van der Waals surface area contributed by atoms with Crippen molar-refractivity contribution in [2.45, 2.75) is 16.8 Å². The maximum absolute atomic E-state index is 11.9. The standard InChI is InChI=1S/C12H15N3O2S2/c1-10-13-9-12(15-10)19(16,17)14-7-8-18-11-5-3-2-4-6-11/h2-6,9,14H,7-8H2,1H3,(H,13,15). The van der Waals surface area contributed by atoms with Crippen molar-refractivity contribution in [3.63, 3.8) is 0 Å².